The Labute approximate surface area is 177 Å². The number of carbonyl (C=O) groups is 1. The Morgan fingerprint density at radius 3 is 2.52 bits per heavy atom. The maximum absolute atomic E-state index is 13.3. The van der Waals surface area contributed by atoms with E-state index in [2.05, 4.69) is 5.10 Å². The molecule has 1 aliphatic carbocycles. The van der Waals surface area contributed by atoms with Gasteiger partial charge in [-0.25, -0.2) is 9.07 Å². The molecule has 148 valence electrons. The van der Waals surface area contributed by atoms with Gasteiger partial charge in [-0.1, -0.05) is 35.3 Å². The van der Waals surface area contributed by atoms with E-state index in [4.69, 9.17) is 28.9 Å². The zero-order chi connectivity index (χ0) is 20.5. The fourth-order valence-corrected chi connectivity index (χ4v) is 4.17. The van der Waals surface area contributed by atoms with Gasteiger partial charge in [-0.05, 0) is 73.2 Å². The Morgan fingerprint density at radius 2 is 1.83 bits per heavy atom. The normalized spacial score (nSPS) is 15.2. The third-order valence-electron chi connectivity index (χ3n) is 4.99. The molecule has 0 saturated carbocycles. The molecule has 4 rings (SSSR count). The number of benzene rings is 2. The molecule has 0 bridgehead atoms. The second-order valence-corrected chi connectivity index (χ2v) is 7.82. The number of allylic oxidation sites excluding steroid dienone is 1. The standard InChI is InChI=1S/C22H18Cl2FN3O/c23-15-7-10-19(18(24)12-15)28-21-14(11-13-5-8-16(25)9-6-13)3-1-2-4-17(21)20(27-28)22(26)29/h5-12H,1-4H2,(H2,26,29)/b14-11+. The molecule has 1 amide bonds. The van der Waals surface area contributed by atoms with E-state index >= 15 is 0 Å². The van der Waals surface area contributed by atoms with Gasteiger partial charge in [0.25, 0.3) is 5.91 Å². The molecule has 1 heterocycles. The lowest BCUT2D eigenvalue weighted by Gasteiger charge is -2.13. The number of hydrogen-bond donors (Lipinski definition) is 1. The average Bonchev–Trinajstić information content (AvgIpc) is 2.93. The highest BCUT2D eigenvalue weighted by atomic mass is 35.5. The van der Waals surface area contributed by atoms with Crippen LogP contribution in [0, 0.1) is 5.82 Å². The molecule has 0 unspecified atom stereocenters. The van der Waals surface area contributed by atoms with Crippen molar-refractivity contribution in [2.75, 3.05) is 0 Å². The lowest BCUT2D eigenvalue weighted by Crippen LogP contribution is -2.14. The van der Waals surface area contributed by atoms with Crippen LogP contribution in [0.15, 0.2) is 42.5 Å². The van der Waals surface area contributed by atoms with Crippen molar-refractivity contribution in [1.82, 2.24) is 9.78 Å². The van der Waals surface area contributed by atoms with E-state index in [1.165, 1.54) is 12.1 Å². The van der Waals surface area contributed by atoms with Crippen molar-refractivity contribution in [3.8, 4) is 5.69 Å². The van der Waals surface area contributed by atoms with E-state index in [-0.39, 0.29) is 11.5 Å². The van der Waals surface area contributed by atoms with Crippen molar-refractivity contribution in [3.63, 3.8) is 0 Å². The van der Waals surface area contributed by atoms with Crippen molar-refractivity contribution >= 4 is 40.8 Å². The Kier molecular flexibility index (Phi) is 5.43. The first kappa shape index (κ1) is 19.7. The minimum absolute atomic E-state index is 0.248. The molecule has 29 heavy (non-hydrogen) atoms. The largest absolute Gasteiger partial charge is 0.364 e. The minimum atomic E-state index is -0.576. The van der Waals surface area contributed by atoms with Crippen LogP contribution in [-0.4, -0.2) is 15.7 Å². The number of halogens is 3. The molecule has 0 saturated heterocycles. The second-order valence-electron chi connectivity index (χ2n) is 6.98. The molecule has 0 aliphatic heterocycles. The predicted octanol–water partition coefficient (Wildman–Crippen LogP) is 5.68. The SMILES string of the molecule is NC(=O)c1nn(-c2ccc(Cl)cc2Cl)c2c1CCCC/C2=C\c1ccc(F)cc1. The monoisotopic (exact) mass is 429 g/mol. The first-order chi connectivity index (χ1) is 13.9. The molecular weight excluding hydrogens is 412 g/mol. The molecule has 3 aromatic rings. The number of rotatable bonds is 3. The number of hydrogen-bond acceptors (Lipinski definition) is 2. The van der Waals surface area contributed by atoms with Gasteiger partial charge in [-0.15, -0.1) is 0 Å². The van der Waals surface area contributed by atoms with Crippen LogP contribution in [0.3, 0.4) is 0 Å². The van der Waals surface area contributed by atoms with Gasteiger partial charge in [0.1, 0.15) is 5.82 Å². The Balaban J connectivity index is 1.96. The van der Waals surface area contributed by atoms with Crippen LogP contribution < -0.4 is 5.73 Å². The number of fused-ring (bicyclic) bond motifs is 1. The van der Waals surface area contributed by atoms with Crippen LogP contribution >= 0.6 is 23.2 Å². The maximum atomic E-state index is 13.3. The third-order valence-corrected chi connectivity index (χ3v) is 5.53. The Hall–Kier alpha value is -2.63. The van der Waals surface area contributed by atoms with Crippen LogP contribution in [-0.2, 0) is 6.42 Å². The van der Waals surface area contributed by atoms with E-state index in [1.54, 1.807) is 35.0 Å². The zero-order valence-electron chi connectivity index (χ0n) is 15.5. The number of amides is 1. The highest BCUT2D eigenvalue weighted by molar-refractivity contribution is 6.35. The van der Waals surface area contributed by atoms with E-state index < -0.39 is 5.91 Å². The molecule has 0 fully saturated rings. The Bertz CT molecular complexity index is 1120. The van der Waals surface area contributed by atoms with Crippen LogP contribution in [0.1, 0.15) is 46.6 Å². The molecule has 2 N–H and O–H groups in total. The number of nitrogens with zero attached hydrogens (tertiary/aromatic N) is 2. The summed E-state index contributed by atoms with van der Waals surface area (Å²) in [7, 11) is 0. The van der Waals surface area contributed by atoms with Crippen molar-refractivity contribution < 1.29 is 9.18 Å². The maximum Gasteiger partial charge on any atom is 0.269 e. The summed E-state index contributed by atoms with van der Waals surface area (Å²) in [5.74, 6) is -0.865. The Morgan fingerprint density at radius 1 is 1.10 bits per heavy atom. The van der Waals surface area contributed by atoms with Crippen LogP contribution in [0.25, 0.3) is 17.3 Å². The van der Waals surface area contributed by atoms with Gasteiger partial charge in [-0.2, -0.15) is 5.10 Å². The lowest BCUT2D eigenvalue weighted by molar-refractivity contribution is 0.0994. The van der Waals surface area contributed by atoms with Crippen LogP contribution in [0.2, 0.25) is 10.0 Å². The number of primary amides is 1. The summed E-state index contributed by atoms with van der Waals surface area (Å²) in [5, 5.41) is 5.44. The van der Waals surface area contributed by atoms with Crippen molar-refractivity contribution in [3.05, 3.63) is 80.8 Å². The summed E-state index contributed by atoms with van der Waals surface area (Å²) in [6.45, 7) is 0. The van der Waals surface area contributed by atoms with Gasteiger partial charge in [0.15, 0.2) is 5.69 Å². The predicted molar refractivity (Wildman–Crippen MR) is 114 cm³/mol. The first-order valence-corrected chi connectivity index (χ1v) is 10.0. The second kappa shape index (κ2) is 8.01. The molecule has 1 aromatic heterocycles. The fraction of sp³-hybridized carbons (Fsp3) is 0.182. The average molecular weight is 430 g/mol. The molecule has 4 nitrogen and oxygen atoms in total. The summed E-state index contributed by atoms with van der Waals surface area (Å²) >= 11 is 12.5. The van der Waals surface area contributed by atoms with E-state index in [1.807, 2.05) is 6.08 Å². The van der Waals surface area contributed by atoms with Gasteiger partial charge in [0.05, 0.1) is 16.4 Å². The van der Waals surface area contributed by atoms with E-state index in [9.17, 15) is 9.18 Å². The summed E-state index contributed by atoms with van der Waals surface area (Å²) in [5.41, 5.74) is 9.98. The molecular formula is C22H18Cl2FN3O. The first-order valence-electron chi connectivity index (χ1n) is 9.27. The highest BCUT2D eigenvalue weighted by Crippen LogP contribution is 2.36. The van der Waals surface area contributed by atoms with Crippen LogP contribution in [0.5, 0.6) is 0 Å². The van der Waals surface area contributed by atoms with Crippen molar-refractivity contribution in [2.45, 2.75) is 25.7 Å². The van der Waals surface area contributed by atoms with Gasteiger partial charge in [-0.3, -0.25) is 4.79 Å². The highest BCUT2D eigenvalue weighted by Gasteiger charge is 2.27. The van der Waals surface area contributed by atoms with E-state index in [0.29, 0.717) is 22.2 Å². The van der Waals surface area contributed by atoms with E-state index in [0.717, 1.165) is 41.7 Å². The van der Waals surface area contributed by atoms with Gasteiger partial charge in [0.2, 0.25) is 0 Å². The quantitative estimate of drug-likeness (QED) is 0.543. The minimum Gasteiger partial charge on any atom is -0.364 e. The topological polar surface area (TPSA) is 60.9 Å². The molecule has 0 spiro atoms. The summed E-state index contributed by atoms with van der Waals surface area (Å²) in [6, 6.07) is 11.4. The fourth-order valence-electron chi connectivity index (χ4n) is 3.68. The number of carbonyl (C=O) groups excluding carboxylic acids is 1. The summed E-state index contributed by atoms with van der Waals surface area (Å²) in [6.07, 6.45) is 5.35. The molecule has 7 heteroatoms. The van der Waals surface area contributed by atoms with Gasteiger partial charge in [0, 0.05) is 10.6 Å². The van der Waals surface area contributed by atoms with Crippen molar-refractivity contribution in [2.24, 2.45) is 5.73 Å². The van der Waals surface area contributed by atoms with Crippen molar-refractivity contribution in [1.29, 1.82) is 0 Å². The smallest absolute Gasteiger partial charge is 0.269 e. The number of nitrogens with two attached hydrogens (primary N) is 1. The summed E-state index contributed by atoms with van der Waals surface area (Å²) in [4.78, 5) is 12.1. The third kappa shape index (κ3) is 3.93. The van der Waals surface area contributed by atoms with Gasteiger partial charge < -0.3 is 5.73 Å². The molecule has 0 atom stereocenters. The molecule has 0 radical (unpaired) electrons. The summed E-state index contributed by atoms with van der Waals surface area (Å²) < 4.78 is 15.0. The molecule has 2 aromatic carbocycles. The number of aromatic nitrogens is 2. The lowest BCUT2D eigenvalue weighted by atomic mass is 10.0. The van der Waals surface area contributed by atoms with Gasteiger partial charge >= 0.3 is 0 Å². The zero-order valence-corrected chi connectivity index (χ0v) is 17.0. The van der Waals surface area contributed by atoms with Crippen LogP contribution in [0.4, 0.5) is 4.39 Å². The molecule has 1 aliphatic rings.